The molecule has 4 fully saturated rings. The summed E-state index contributed by atoms with van der Waals surface area (Å²) >= 11 is 16.7. The van der Waals surface area contributed by atoms with Gasteiger partial charge in [-0.25, -0.2) is 0 Å². The molecule has 4 unspecified atom stereocenters. The third-order valence-electron chi connectivity index (χ3n) is 6.26. The van der Waals surface area contributed by atoms with Gasteiger partial charge in [-0.15, -0.1) is 12.4 Å². The summed E-state index contributed by atoms with van der Waals surface area (Å²) in [4.78, 5) is 13.3. The molecule has 2 saturated heterocycles. The molecule has 23 heavy (non-hydrogen) atoms. The molecular formula is C16H26Cl4N2O. The van der Waals surface area contributed by atoms with Gasteiger partial charge in [0.15, 0.2) is 0 Å². The minimum atomic E-state index is -1.79. The first-order valence-electron chi connectivity index (χ1n) is 8.21. The van der Waals surface area contributed by atoms with Crippen molar-refractivity contribution >= 4 is 53.1 Å². The fraction of sp³-hybridized carbons (Fsp3) is 0.938. The second kappa shape index (κ2) is 6.72. The predicted octanol–water partition coefficient (Wildman–Crippen LogP) is 4.04. The monoisotopic (exact) mass is 402 g/mol. The van der Waals surface area contributed by atoms with Gasteiger partial charge in [0.05, 0.1) is 0 Å². The largest absolute Gasteiger partial charge is 0.339 e. The average Bonchev–Trinajstić information content (AvgIpc) is 3.29. The number of hydrogen-bond donors (Lipinski definition) is 1. The summed E-state index contributed by atoms with van der Waals surface area (Å²) < 4.78 is -1.79. The topological polar surface area (TPSA) is 32.3 Å². The van der Waals surface area contributed by atoms with Crippen molar-refractivity contribution in [2.45, 2.75) is 43.3 Å². The van der Waals surface area contributed by atoms with Crippen molar-refractivity contribution in [2.24, 2.45) is 22.7 Å². The van der Waals surface area contributed by atoms with Crippen molar-refractivity contribution in [3.63, 3.8) is 0 Å². The number of piperidine rings is 2. The number of amides is 1. The molecule has 4 aliphatic rings. The van der Waals surface area contributed by atoms with E-state index in [0.717, 1.165) is 30.8 Å². The molecule has 134 valence electrons. The molecule has 2 saturated carbocycles. The maximum Gasteiger partial charge on any atom is 0.274 e. The smallest absolute Gasteiger partial charge is 0.274 e. The Bertz CT molecular complexity index is 467. The van der Waals surface area contributed by atoms with E-state index in [-0.39, 0.29) is 18.3 Å². The highest BCUT2D eigenvalue weighted by Crippen LogP contribution is 2.57. The molecule has 0 aromatic rings. The van der Waals surface area contributed by atoms with E-state index in [4.69, 9.17) is 34.8 Å². The number of fused-ring (bicyclic) bond motifs is 2. The lowest BCUT2D eigenvalue weighted by atomic mass is 9.98. The number of nitrogens with one attached hydrogen (secondary N) is 1. The Morgan fingerprint density at radius 3 is 2.22 bits per heavy atom. The number of halogens is 4. The normalized spacial score (nSPS) is 40.7. The van der Waals surface area contributed by atoms with Crippen LogP contribution in [0, 0.1) is 22.7 Å². The molecular weight excluding hydrogens is 378 g/mol. The molecule has 0 bridgehead atoms. The summed E-state index contributed by atoms with van der Waals surface area (Å²) in [5.41, 5.74) is 1.25. The number of carbonyl (C=O) groups excluding carboxylic acids is 1. The highest BCUT2D eigenvalue weighted by atomic mass is 35.6. The van der Waals surface area contributed by atoms with Crippen molar-refractivity contribution < 1.29 is 4.79 Å². The van der Waals surface area contributed by atoms with Gasteiger partial charge >= 0.3 is 0 Å². The molecule has 2 heterocycles. The van der Waals surface area contributed by atoms with Gasteiger partial charge in [0.2, 0.25) is 0 Å². The first-order valence-corrected chi connectivity index (χ1v) is 9.34. The second-order valence-electron chi connectivity index (χ2n) is 8.06. The van der Waals surface area contributed by atoms with Gasteiger partial charge in [-0.1, -0.05) is 48.7 Å². The van der Waals surface area contributed by atoms with Crippen LogP contribution in [0.3, 0.4) is 0 Å². The van der Waals surface area contributed by atoms with Crippen LogP contribution in [0.5, 0.6) is 0 Å². The number of nitrogens with zero attached hydrogens (tertiary/aromatic N) is 1. The maximum absolute atomic E-state index is 11.6. The van der Waals surface area contributed by atoms with Gasteiger partial charge in [0, 0.05) is 13.1 Å². The Balaban J connectivity index is 0.000000181. The number of alkyl halides is 3. The lowest BCUT2D eigenvalue weighted by molar-refractivity contribution is -0.131. The highest BCUT2D eigenvalue weighted by Gasteiger charge is 2.54. The molecule has 0 aromatic heterocycles. The number of rotatable bonds is 0. The van der Waals surface area contributed by atoms with E-state index >= 15 is 0 Å². The van der Waals surface area contributed by atoms with Gasteiger partial charge in [-0.3, -0.25) is 4.79 Å². The minimum Gasteiger partial charge on any atom is -0.339 e. The van der Waals surface area contributed by atoms with E-state index in [0.29, 0.717) is 11.3 Å². The fourth-order valence-corrected chi connectivity index (χ4v) is 4.34. The van der Waals surface area contributed by atoms with Crippen LogP contribution >= 0.6 is 47.2 Å². The molecule has 4 atom stereocenters. The van der Waals surface area contributed by atoms with Gasteiger partial charge in [0.1, 0.15) is 0 Å². The molecule has 2 aliphatic heterocycles. The minimum absolute atomic E-state index is 0. The first-order chi connectivity index (χ1) is 10.1. The lowest BCUT2D eigenvalue weighted by Gasteiger charge is -2.31. The van der Waals surface area contributed by atoms with Crippen LogP contribution in [0.4, 0.5) is 0 Å². The number of hydrogen-bond acceptors (Lipinski definition) is 2. The molecule has 0 radical (unpaired) electrons. The SMILES string of the molecule is CC12CCN(C(=O)C(Cl)(Cl)Cl)CC1C2.CC12CCNCC1C2.Cl. The van der Waals surface area contributed by atoms with Crippen molar-refractivity contribution in [3.05, 3.63) is 0 Å². The fourth-order valence-electron chi connectivity index (χ4n) is 3.99. The van der Waals surface area contributed by atoms with E-state index in [9.17, 15) is 4.79 Å². The van der Waals surface area contributed by atoms with Crippen LogP contribution in [0.2, 0.25) is 0 Å². The molecule has 1 N–H and O–H groups in total. The first kappa shape index (κ1) is 19.9. The molecule has 2 aliphatic carbocycles. The average molecular weight is 404 g/mol. The van der Waals surface area contributed by atoms with E-state index in [1.165, 1.54) is 32.4 Å². The lowest BCUT2D eigenvalue weighted by Crippen LogP contribution is -2.44. The predicted molar refractivity (Wildman–Crippen MR) is 98.6 cm³/mol. The Hall–Kier alpha value is 0.590. The Labute approximate surface area is 160 Å². The zero-order valence-corrected chi connectivity index (χ0v) is 16.8. The zero-order valence-electron chi connectivity index (χ0n) is 13.7. The Morgan fingerprint density at radius 1 is 1.13 bits per heavy atom. The van der Waals surface area contributed by atoms with Gasteiger partial charge < -0.3 is 10.2 Å². The van der Waals surface area contributed by atoms with Gasteiger partial charge in [0.25, 0.3) is 9.70 Å². The van der Waals surface area contributed by atoms with Crippen LogP contribution in [0.1, 0.15) is 39.5 Å². The maximum atomic E-state index is 11.6. The van der Waals surface area contributed by atoms with E-state index in [2.05, 4.69) is 19.2 Å². The molecule has 0 aromatic carbocycles. The standard InChI is InChI=1S/C9H12Cl3NO.C7H13N.ClH/c1-8-2-3-13(5-6(8)4-8)7(14)9(10,11)12;1-7-2-3-8-5-6(7)4-7;/h6H,2-5H2,1H3;6,8H,2-5H2,1H3;1H. The zero-order chi connectivity index (χ0) is 16.2. The molecule has 4 rings (SSSR count). The highest BCUT2D eigenvalue weighted by molar-refractivity contribution is 6.76. The second-order valence-corrected chi connectivity index (χ2v) is 10.3. The van der Waals surface area contributed by atoms with Crippen molar-refractivity contribution in [3.8, 4) is 0 Å². The van der Waals surface area contributed by atoms with Crippen LogP contribution in [-0.4, -0.2) is 40.8 Å². The summed E-state index contributed by atoms with van der Waals surface area (Å²) in [7, 11) is 0. The van der Waals surface area contributed by atoms with Gasteiger partial charge in [-0.05, 0) is 61.4 Å². The van der Waals surface area contributed by atoms with Crippen LogP contribution in [0.15, 0.2) is 0 Å². The number of likely N-dealkylation sites (tertiary alicyclic amines) is 1. The third kappa shape index (κ3) is 4.41. The van der Waals surface area contributed by atoms with Gasteiger partial charge in [-0.2, -0.15) is 0 Å². The van der Waals surface area contributed by atoms with Crippen LogP contribution in [-0.2, 0) is 4.79 Å². The quantitative estimate of drug-likeness (QED) is 0.619. The summed E-state index contributed by atoms with van der Waals surface area (Å²) in [6, 6.07) is 0. The van der Waals surface area contributed by atoms with E-state index in [1.807, 2.05) is 0 Å². The molecule has 0 spiro atoms. The molecule has 1 amide bonds. The van der Waals surface area contributed by atoms with Crippen molar-refractivity contribution in [1.29, 1.82) is 0 Å². The summed E-state index contributed by atoms with van der Waals surface area (Å²) in [6.07, 6.45) is 5.14. The number of carbonyl (C=O) groups is 1. The van der Waals surface area contributed by atoms with Crippen LogP contribution in [0.25, 0.3) is 0 Å². The summed E-state index contributed by atoms with van der Waals surface area (Å²) in [5.74, 6) is 1.28. The van der Waals surface area contributed by atoms with Crippen LogP contribution < -0.4 is 5.32 Å². The molecule has 7 heteroatoms. The molecule has 3 nitrogen and oxygen atoms in total. The van der Waals surface area contributed by atoms with E-state index in [1.54, 1.807) is 4.90 Å². The Kier molecular flexibility index (Phi) is 5.82. The van der Waals surface area contributed by atoms with Crippen molar-refractivity contribution in [2.75, 3.05) is 26.2 Å². The summed E-state index contributed by atoms with van der Waals surface area (Å²) in [6.45, 7) is 8.69. The Morgan fingerprint density at radius 2 is 1.74 bits per heavy atom. The summed E-state index contributed by atoms with van der Waals surface area (Å²) in [5, 5.41) is 3.40. The third-order valence-corrected chi connectivity index (χ3v) is 6.75. The van der Waals surface area contributed by atoms with E-state index < -0.39 is 3.79 Å². The van der Waals surface area contributed by atoms with Crippen molar-refractivity contribution in [1.82, 2.24) is 10.2 Å².